The predicted octanol–water partition coefficient (Wildman–Crippen LogP) is 2.78. The SMILES string of the molecule is CC(C)CC1CN(CCOc2ccccc2)CCCN1. The summed E-state index contributed by atoms with van der Waals surface area (Å²) in [5.74, 6) is 1.73. The second kappa shape index (κ2) is 8.28. The van der Waals surface area contributed by atoms with Crippen LogP contribution in [0.25, 0.3) is 0 Å². The van der Waals surface area contributed by atoms with E-state index in [1.807, 2.05) is 30.3 Å². The second-order valence-corrected chi connectivity index (χ2v) is 6.10. The van der Waals surface area contributed by atoms with E-state index in [-0.39, 0.29) is 0 Å². The first-order valence-electron chi connectivity index (χ1n) is 7.87. The fourth-order valence-corrected chi connectivity index (χ4v) is 2.82. The average Bonchev–Trinajstić information content (AvgIpc) is 2.65. The van der Waals surface area contributed by atoms with Gasteiger partial charge in [0.2, 0.25) is 0 Å². The maximum atomic E-state index is 5.80. The summed E-state index contributed by atoms with van der Waals surface area (Å²) in [5, 5.41) is 3.67. The Morgan fingerprint density at radius 2 is 2.10 bits per heavy atom. The fourth-order valence-electron chi connectivity index (χ4n) is 2.82. The van der Waals surface area contributed by atoms with Crippen molar-refractivity contribution < 1.29 is 4.74 Å². The quantitative estimate of drug-likeness (QED) is 0.864. The van der Waals surface area contributed by atoms with Gasteiger partial charge >= 0.3 is 0 Å². The first-order chi connectivity index (χ1) is 9.74. The summed E-state index contributed by atoms with van der Waals surface area (Å²) in [6.45, 7) is 9.87. The minimum atomic E-state index is 0.634. The van der Waals surface area contributed by atoms with Crippen molar-refractivity contribution in [3.63, 3.8) is 0 Å². The van der Waals surface area contributed by atoms with E-state index in [1.54, 1.807) is 0 Å². The Hall–Kier alpha value is -1.06. The summed E-state index contributed by atoms with van der Waals surface area (Å²) in [5.41, 5.74) is 0. The standard InChI is InChI=1S/C17H28N2O/c1-15(2)13-16-14-19(10-6-9-18-16)11-12-20-17-7-4-3-5-8-17/h3-5,7-8,15-16,18H,6,9-14H2,1-2H3. The molecule has 0 aliphatic carbocycles. The van der Waals surface area contributed by atoms with Gasteiger partial charge in [-0.1, -0.05) is 32.0 Å². The van der Waals surface area contributed by atoms with Crippen LogP contribution in [0.3, 0.4) is 0 Å². The summed E-state index contributed by atoms with van der Waals surface area (Å²) in [7, 11) is 0. The molecule has 0 spiro atoms. The van der Waals surface area contributed by atoms with Crippen LogP contribution in [0.2, 0.25) is 0 Å². The summed E-state index contributed by atoms with van der Waals surface area (Å²) < 4.78 is 5.80. The first kappa shape index (κ1) is 15.3. The number of hydrogen-bond acceptors (Lipinski definition) is 3. The second-order valence-electron chi connectivity index (χ2n) is 6.10. The highest BCUT2D eigenvalue weighted by atomic mass is 16.5. The molecule has 0 aromatic heterocycles. The number of ether oxygens (including phenoxy) is 1. The molecule has 1 heterocycles. The van der Waals surface area contributed by atoms with E-state index >= 15 is 0 Å². The van der Waals surface area contributed by atoms with E-state index in [9.17, 15) is 0 Å². The van der Waals surface area contributed by atoms with E-state index < -0.39 is 0 Å². The van der Waals surface area contributed by atoms with Gasteiger partial charge in [0, 0.05) is 19.1 Å². The summed E-state index contributed by atoms with van der Waals surface area (Å²) in [6.07, 6.45) is 2.50. The Bertz CT molecular complexity index is 367. The zero-order chi connectivity index (χ0) is 14.2. The van der Waals surface area contributed by atoms with Crippen molar-refractivity contribution in [2.45, 2.75) is 32.7 Å². The van der Waals surface area contributed by atoms with Crippen LogP contribution in [-0.4, -0.2) is 43.7 Å². The van der Waals surface area contributed by atoms with Gasteiger partial charge in [-0.15, -0.1) is 0 Å². The van der Waals surface area contributed by atoms with E-state index in [0.717, 1.165) is 37.9 Å². The van der Waals surface area contributed by atoms with Gasteiger partial charge in [-0.3, -0.25) is 4.90 Å². The molecule has 0 amide bonds. The molecule has 1 aliphatic rings. The van der Waals surface area contributed by atoms with E-state index in [0.29, 0.717) is 6.04 Å². The van der Waals surface area contributed by atoms with Gasteiger partial charge in [-0.2, -0.15) is 0 Å². The highest BCUT2D eigenvalue weighted by Gasteiger charge is 2.18. The van der Waals surface area contributed by atoms with Gasteiger partial charge in [-0.25, -0.2) is 0 Å². The minimum absolute atomic E-state index is 0.634. The van der Waals surface area contributed by atoms with Crippen LogP contribution >= 0.6 is 0 Å². The molecule has 20 heavy (non-hydrogen) atoms. The van der Waals surface area contributed by atoms with Crippen molar-refractivity contribution in [3.05, 3.63) is 30.3 Å². The van der Waals surface area contributed by atoms with Crippen LogP contribution in [0.1, 0.15) is 26.7 Å². The van der Waals surface area contributed by atoms with Crippen LogP contribution in [-0.2, 0) is 0 Å². The van der Waals surface area contributed by atoms with Crippen molar-refractivity contribution in [2.75, 3.05) is 32.8 Å². The van der Waals surface area contributed by atoms with Crippen LogP contribution in [0, 0.1) is 5.92 Å². The molecule has 0 saturated carbocycles. The van der Waals surface area contributed by atoms with Crippen LogP contribution < -0.4 is 10.1 Å². The lowest BCUT2D eigenvalue weighted by Crippen LogP contribution is -2.40. The molecular formula is C17H28N2O. The van der Waals surface area contributed by atoms with Gasteiger partial charge in [-0.05, 0) is 44.0 Å². The first-order valence-corrected chi connectivity index (χ1v) is 7.87. The molecule has 2 rings (SSSR count). The van der Waals surface area contributed by atoms with E-state index in [1.165, 1.54) is 19.4 Å². The highest BCUT2D eigenvalue weighted by Crippen LogP contribution is 2.11. The van der Waals surface area contributed by atoms with Crippen molar-refractivity contribution in [3.8, 4) is 5.75 Å². The lowest BCUT2D eigenvalue weighted by atomic mass is 10.0. The van der Waals surface area contributed by atoms with Gasteiger partial charge in [0.05, 0.1) is 0 Å². The van der Waals surface area contributed by atoms with Crippen LogP contribution in [0.5, 0.6) is 5.75 Å². The average molecular weight is 276 g/mol. The molecule has 0 radical (unpaired) electrons. The molecule has 3 heteroatoms. The van der Waals surface area contributed by atoms with Gasteiger partial charge in [0.25, 0.3) is 0 Å². The number of benzene rings is 1. The van der Waals surface area contributed by atoms with E-state index in [2.05, 4.69) is 24.1 Å². The Morgan fingerprint density at radius 1 is 1.30 bits per heavy atom. The fraction of sp³-hybridized carbons (Fsp3) is 0.647. The molecule has 1 N–H and O–H groups in total. The molecule has 0 bridgehead atoms. The van der Waals surface area contributed by atoms with Crippen LogP contribution in [0.15, 0.2) is 30.3 Å². The predicted molar refractivity (Wildman–Crippen MR) is 84.2 cm³/mol. The number of nitrogens with zero attached hydrogens (tertiary/aromatic N) is 1. The monoisotopic (exact) mass is 276 g/mol. The highest BCUT2D eigenvalue weighted by molar-refractivity contribution is 5.20. The smallest absolute Gasteiger partial charge is 0.119 e. The van der Waals surface area contributed by atoms with Crippen LogP contribution in [0.4, 0.5) is 0 Å². The molecule has 1 unspecified atom stereocenters. The lowest BCUT2D eigenvalue weighted by molar-refractivity contribution is 0.201. The molecule has 1 aliphatic heterocycles. The normalized spacial score (nSPS) is 20.9. The van der Waals surface area contributed by atoms with Gasteiger partial charge in [0.1, 0.15) is 12.4 Å². The maximum absolute atomic E-state index is 5.80. The van der Waals surface area contributed by atoms with Crippen molar-refractivity contribution in [1.29, 1.82) is 0 Å². The molecule has 112 valence electrons. The largest absolute Gasteiger partial charge is 0.492 e. The van der Waals surface area contributed by atoms with E-state index in [4.69, 9.17) is 4.74 Å². The molecule has 3 nitrogen and oxygen atoms in total. The summed E-state index contributed by atoms with van der Waals surface area (Å²) in [6, 6.07) is 10.7. The van der Waals surface area contributed by atoms with Crippen molar-refractivity contribution in [1.82, 2.24) is 10.2 Å². The van der Waals surface area contributed by atoms with Crippen molar-refractivity contribution >= 4 is 0 Å². The zero-order valence-corrected chi connectivity index (χ0v) is 12.8. The third-order valence-corrected chi connectivity index (χ3v) is 3.74. The Morgan fingerprint density at radius 3 is 2.85 bits per heavy atom. The number of hydrogen-bond donors (Lipinski definition) is 1. The number of para-hydroxylation sites is 1. The lowest BCUT2D eigenvalue weighted by Gasteiger charge is -2.25. The van der Waals surface area contributed by atoms with Gasteiger partial charge in [0.15, 0.2) is 0 Å². The third kappa shape index (κ3) is 5.51. The summed E-state index contributed by atoms with van der Waals surface area (Å²) in [4.78, 5) is 2.54. The zero-order valence-electron chi connectivity index (χ0n) is 12.8. The Kier molecular flexibility index (Phi) is 6.34. The molecule has 1 saturated heterocycles. The molecular weight excluding hydrogens is 248 g/mol. The van der Waals surface area contributed by atoms with Crippen molar-refractivity contribution in [2.24, 2.45) is 5.92 Å². The van der Waals surface area contributed by atoms with Gasteiger partial charge < -0.3 is 10.1 Å². The third-order valence-electron chi connectivity index (χ3n) is 3.74. The minimum Gasteiger partial charge on any atom is -0.492 e. The maximum Gasteiger partial charge on any atom is 0.119 e. The molecule has 1 fully saturated rings. The Balaban J connectivity index is 1.73. The number of nitrogens with one attached hydrogen (secondary N) is 1. The Labute approximate surface area is 123 Å². The molecule has 1 aromatic carbocycles. The molecule has 1 atom stereocenters. The topological polar surface area (TPSA) is 24.5 Å². The number of rotatable bonds is 6. The molecule has 1 aromatic rings. The summed E-state index contributed by atoms with van der Waals surface area (Å²) >= 11 is 0.